The SMILES string of the molecule is CNc1ncnc(SCC(=O)OC(C)(C)C)c1C. The third-order valence-electron chi connectivity index (χ3n) is 2.02. The van der Waals surface area contributed by atoms with Crippen molar-refractivity contribution >= 4 is 23.5 Å². The van der Waals surface area contributed by atoms with Crippen LogP contribution in [0.2, 0.25) is 0 Å². The smallest absolute Gasteiger partial charge is 0.316 e. The van der Waals surface area contributed by atoms with Crippen molar-refractivity contribution in [2.45, 2.75) is 38.3 Å². The second kappa shape index (κ2) is 6.04. The highest BCUT2D eigenvalue weighted by atomic mass is 32.2. The number of aromatic nitrogens is 2. The Kier molecular flexibility index (Phi) is 4.95. The van der Waals surface area contributed by atoms with Gasteiger partial charge in [-0.3, -0.25) is 4.79 Å². The van der Waals surface area contributed by atoms with E-state index < -0.39 is 5.60 Å². The molecular formula is C12H19N3O2S. The molecule has 0 unspecified atom stereocenters. The molecule has 6 heteroatoms. The lowest BCUT2D eigenvalue weighted by atomic mass is 10.2. The molecule has 1 N–H and O–H groups in total. The molecule has 0 spiro atoms. The van der Waals surface area contributed by atoms with E-state index >= 15 is 0 Å². The molecule has 18 heavy (non-hydrogen) atoms. The van der Waals surface area contributed by atoms with Crippen molar-refractivity contribution in [2.75, 3.05) is 18.1 Å². The summed E-state index contributed by atoms with van der Waals surface area (Å²) in [6, 6.07) is 0. The first-order chi connectivity index (χ1) is 8.33. The molecule has 0 saturated carbocycles. The average Bonchev–Trinajstić information content (AvgIpc) is 2.25. The van der Waals surface area contributed by atoms with E-state index in [-0.39, 0.29) is 11.7 Å². The normalized spacial score (nSPS) is 11.2. The van der Waals surface area contributed by atoms with E-state index in [4.69, 9.17) is 4.74 Å². The zero-order valence-corrected chi connectivity index (χ0v) is 12.2. The van der Waals surface area contributed by atoms with Gasteiger partial charge >= 0.3 is 5.97 Å². The summed E-state index contributed by atoms with van der Waals surface area (Å²) in [4.78, 5) is 19.8. The van der Waals surface area contributed by atoms with E-state index in [9.17, 15) is 4.79 Å². The topological polar surface area (TPSA) is 64.1 Å². The van der Waals surface area contributed by atoms with Crippen molar-refractivity contribution in [3.8, 4) is 0 Å². The minimum absolute atomic E-state index is 0.239. The summed E-state index contributed by atoms with van der Waals surface area (Å²) in [7, 11) is 1.80. The van der Waals surface area contributed by atoms with Crippen LogP contribution in [0.4, 0.5) is 5.82 Å². The molecule has 0 fully saturated rings. The molecule has 0 saturated heterocycles. The molecule has 0 aliphatic rings. The van der Waals surface area contributed by atoms with Gasteiger partial charge in [0.05, 0.1) is 5.75 Å². The van der Waals surface area contributed by atoms with Crippen molar-refractivity contribution in [1.29, 1.82) is 0 Å². The van der Waals surface area contributed by atoms with Crippen LogP contribution in [0.5, 0.6) is 0 Å². The van der Waals surface area contributed by atoms with Crippen molar-refractivity contribution in [2.24, 2.45) is 0 Å². The number of nitrogens with one attached hydrogen (secondary N) is 1. The van der Waals surface area contributed by atoms with Crippen LogP contribution in [0.25, 0.3) is 0 Å². The Labute approximate surface area is 112 Å². The summed E-state index contributed by atoms with van der Waals surface area (Å²) in [5, 5.41) is 3.77. The van der Waals surface area contributed by atoms with Gasteiger partial charge in [0.2, 0.25) is 0 Å². The van der Waals surface area contributed by atoms with E-state index in [1.165, 1.54) is 18.1 Å². The van der Waals surface area contributed by atoms with Gasteiger partial charge in [0.1, 0.15) is 22.8 Å². The van der Waals surface area contributed by atoms with Crippen LogP contribution in [0.1, 0.15) is 26.3 Å². The lowest BCUT2D eigenvalue weighted by Gasteiger charge is -2.19. The standard InChI is InChI=1S/C12H19N3O2S/c1-8-10(13-5)14-7-15-11(8)18-6-9(16)17-12(2,3)4/h7H,6H2,1-5H3,(H,13,14,15). The van der Waals surface area contributed by atoms with Gasteiger partial charge < -0.3 is 10.1 Å². The van der Waals surface area contributed by atoms with Crippen LogP contribution in [-0.4, -0.2) is 34.3 Å². The fourth-order valence-electron chi connectivity index (χ4n) is 1.33. The van der Waals surface area contributed by atoms with E-state index in [2.05, 4.69) is 15.3 Å². The largest absolute Gasteiger partial charge is 0.459 e. The summed E-state index contributed by atoms with van der Waals surface area (Å²) in [6.07, 6.45) is 1.48. The summed E-state index contributed by atoms with van der Waals surface area (Å²) in [5.74, 6) is 0.784. The number of anilines is 1. The fraction of sp³-hybridized carbons (Fsp3) is 0.583. The minimum Gasteiger partial charge on any atom is -0.459 e. The maximum atomic E-state index is 11.6. The fourth-order valence-corrected chi connectivity index (χ4v) is 2.08. The number of hydrogen-bond donors (Lipinski definition) is 1. The summed E-state index contributed by atoms with van der Waals surface area (Å²) >= 11 is 1.36. The Hall–Kier alpha value is -1.30. The molecule has 0 aliphatic carbocycles. The van der Waals surface area contributed by atoms with E-state index in [1.54, 1.807) is 7.05 Å². The molecule has 0 aliphatic heterocycles. The first-order valence-electron chi connectivity index (χ1n) is 5.67. The number of nitrogens with zero attached hydrogens (tertiary/aromatic N) is 2. The molecule has 1 heterocycles. The van der Waals surface area contributed by atoms with Gasteiger partial charge in [-0.05, 0) is 27.7 Å². The van der Waals surface area contributed by atoms with Crippen LogP contribution in [-0.2, 0) is 9.53 Å². The van der Waals surface area contributed by atoms with Gasteiger partial charge in [-0.15, -0.1) is 0 Å². The summed E-state index contributed by atoms with van der Waals surface area (Å²) < 4.78 is 5.24. The van der Waals surface area contributed by atoms with Gasteiger partial charge in [0.25, 0.3) is 0 Å². The molecule has 0 atom stereocenters. The zero-order valence-electron chi connectivity index (χ0n) is 11.4. The quantitative estimate of drug-likeness (QED) is 0.514. The molecule has 1 rings (SSSR count). The monoisotopic (exact) mass is 269 g/mol. The van der Waals surface area contributed by atoms with Crippen LogP contribution >= 0.6 is 11.8 Å². The lowest BCUT2D eigenvalue weighted by molar-refractivity contribution is -0.151. The van der Waals surface area contributed by atoms with Gasteiger partial charge in [-0.1, -0.05) is 11.8 Å². The highest BCUT2D eigenvalue weighted by Gasteiger charge is 2.17. The second-order valence-electron chi connectivity index (χ2n) is 4.78. The third kappa shape index (κ3) is 4.52. The molecular weight excluding hydrogens is 250 g/mol. The molecule has 0 aromatic carbocycles. The predicted octanol–water partition coefficient (Wildman–Crippen LogP) is 2.26. The number of thioether (sulfide) groups is 1. The lowest BCUT2D eigenvalue weighted by Crippen LogP contribution is -2.25. The molecule has 5 nitrogen and oxygen atoms in total. The molecule has 0 radical (unpaired) electrons. The molecule has 0 bridgehead atoms. The Morgan fingerprint density at radius 1 is 1.44 bits per heavy atom. The van der Waals surface area contributed by atoms with Gasteiger partial charge in [0.15, 0.2) is 0 Å². The van der Waals surface area contributed by atoms with Crippen LogP contribution in [0.15, 0.2) is 11.4 Å². The van der Waals surface area contributed by atoms with Crippen LogP contribution < -0.4 is 5.32 Å². The van der Waals surface area contributed by atoms with Crippen molar-refractivity contribution in [1.82, 2.24) is 9.97 Å². The van der Waals surface area contributed by atoms with Gasteiger partial charge in [-0.2, -0.15) is 0 Å². The van der Waals surface area contributed by atoms with Gasteiger partial charge in [0, 0.05) is 12.6 Å². The van der Waals surface area contributed by atoms with Crippen molar-refractivity contribution in [3.63, 3.8) is 0 Å². The van der Waals surface area contributed by atoms with E-state index in [0.29, 0.717) is 0 Å². The van der Waals surface area contributed by atoms with Crippen LogP contribution in [0, 0.1) is 6.92 Å². The van der Waals surface area contributed by atoms with E-state index in [1.807, 2.05) is 27.7 Å². The number of esters is 1. The Morgan fingerprint density at radius 3 is 2.67 bits per heavy atom. The van der Waals surface area contributed by atoms with E-state index in [0.717, 1.165) is 16.4 Å². The van der Waals surface area contributed by atoms with Crippen molar-refractivity contribution < 1.29 is 9.53 Å². The van der Waals surface area contributed by atoms with Crippen LogP contribution in [0.3, 0.4) is 0 Å². The Bertz CT molecular complexity index is 430. The maximum absolute atomic E-state index is 11.6. The molecule has 100 valence electrons. The molecule has 1 aromatic rings. The Morgan fingerprint density at radius 2 is 2.11 bits per heavy atom. The Balaban J connectivity index is 2.61. The number of hydrogen-bond acceptors (Lipinski definition) is 6. The third-order valence-corrected chi connectivity index (χ3v) is 3.09. The minimum atomic E-state index is -0.450. The zero-order chi connectivity index (χ0) is 13.8. The summed E-state index contributed by atoms with van der Waals surface area (Å²) in [6.45, 7) is 7.48. The number of rotatable bonds is 4. The first kappa shape index (κ1) is 14.8. The highest BCUT2D eigenvalue weighted by Crippen LogP contribution is 2.24. The number of carbonyl (C=O) groups excluding carboxylic acids is 1. The summed E-state index contributed by atoms with van der Waals surface area (Å²) in [5.41, 5.74) is 0.489. The van der Waals surface area contributed by atoms with Crippen molar-refractivity contribution in [3.05, 3.63) is 11.9 Å². The average molecular weight is 269 g/mol. The molecule has 1 aromatic heterocycles. The highest BCUT2D eigenvalue weighted by molar-refractivity contribution is 7.99. The second-order valence-corrected chi connectivity index (χ2v) is 5.74. The molecule has 0 amide bonds. The maximum Gasteiger partial charge on any atom is 0.316 e. The predicted molar refractivity (Wildman–Crippen MR) is 72.9 cm³/mol. The first-order valence-corrected chi connectivity index (χ1v) is 6.66. The number of ether oxygens (including phenoxy) is 1. The number of carbonyl (C=O) groups is 1. The van der Waals surface area contributed by atoms with Gasteiger partial charge in [-0.25, -0.2) is 9.97 Å².